The lowest BCUT2D eigenvalue weighted by atomic mass is 9.87. The van der Waals surface area contributed by atoms with E-state index in [0.29, 0.717) is 0 Å². The highest BCUT2D eigenvalue weighted by Crippen LogP contribution is 2.25. The number of hydrogen-bond acceptors (Lipinski definition) is 4. The van der Waals surface area contributed by atoms with Crippen molar-refractivity contribution in [2.45, 2.75) is 31.7 Å². The Bertz CT molecular complexity index is 990. The Hall–Kier alpha value is -2.16. The normalized spacial score (nSPS) is 13.0. The van der Waals surface area contributed by atoms with Crippen LogP contribution in [0.5, 0.6) is 5.75 Å². The van der Waals surface area contributed by atoms with Gasteiger partial charge >= 0.3 is 0 Å². The molecule has 1 atom stereocenters. The Morgan fingerprint density at radius 3 is 2.45 bits per heavy atom. The molecule has 0 aromatic heterocycles. The summed E-state index contributed by atoms with van der Waals surface area (Å²) in [6.45, 7) is 5.70. The first-order valence-corrected chi connectivity index (χ1v) is 10.7. The molecule has 158 valence electrons. The summed E-state index contributed by atoms with van der Waals surface area (Å²) in [7, 11) is -2.46. The van der Waals surface area contributed by atoms with Gasteiger partial charge in [-0.15, -0.1) is 0 Å². The molecule has 2 aromatic rings. The monoisotopic (exact) mass is 442 g/mol. The molecule has 29 heavy (non-hydrogen) atoms. The number of carbonyl (C=O) groups excluding carboxylic acids is 1. The summed E-state index contributed by atoms with van der Waals surface area (Å²) in [6, 6.07) is 9.36. The number of sulfonamides is 1. The van der Waals surface area contributed by atoms with Crippen LogP contribution in [0.1, 0.15) is 31.1 Å². The summed E-state index contributed by atoms with van der Waals surface area (Å²) in [4.78, 5) is 12.7. The Balaban J connectivity index is 2.24. The number of halogens is 2. The van der Waals surface area contributed by atoms with Gasteiger partial charge in [0.1, 0.15) is 6.61 Å². The highest BCUT2D eigenvalue weighted by atomic mass is 35.5. The largest absolute Gasteiger partial charge is 0.488 e. The Morgan fingerprint density at radius 2 is 1.86 bits per heavy atom. The fourth-order valence-electron chi connectivity index (χ4n) is 2.44. The summed E-state index contributed by atoms with van der Waals surface area (Å²) < 4.78 is 45.6. The van der Waals surface area contributed by atoms with Crippen LogP contribution in [0.2, 0.25) is 5.02 Å². The summed E-state index contributed by atoms with van der Waals surface area (Å²) in [5, 5.41) is 2.93. The van der Waals surface area contributed by atoms with Gasteiger partial charge < -0.3 is 10.1 Å². The van der Waals surface area contributed by atoms with E-state index < -0.39 is 33.2 Å². The molecule has 9 heteroatoms. The lowest BCUT2D eigenvalue weighted by Gasteiger charge is -2.31. The quantitative estimate of drug-likeness (QED) is 0.686. The van der Waals surface area contributed by atoms with Crippen LogP contribution in [-0.2, 0) is 10.0 Å². The van der Waals surface area contributed by atoms with Crippen LogP contribution in [0, 0.1) is 11.2 Å². The molecule has 1 amide bonds. The molecule has 0 aliphatic carbocycles. The maximum absolute atomic E-state index is 13.8. The molecule has 0 bridgehead atoms. The number of carbonyl (C=O) groups is 1. The number of para-hydroxylation sites is 1. The van der Waals surface area contributed by atoms with Gasteiger partial charge in [0.25, 0.3) is 5.91 Å². The van der Waals surface area contributed by atoms with Gasteiger partial charge in [-0.3, -0.25) is 4.79 Å². The first kappa shape index (κ1) is 23.1. The Morgan fingerprint density at radius 1 is 1.21 bits per heavy atom. The number of nitrogens with one attached hydrogen (secondary N) is 2. The molecule has 2 N–H and O–H groups in total. The topological polar surface area (TPSA) is 84.5 Å². The zero-order valence-corrected chi connectivity index (χ0v) is 18.2. The molecule has 2 rings (SSSR count). The van der Waals surface area contributed by atoms with E-state index in [1.807, 2.05) is 20.8 Å². The van der Waals surface area contributed by atoms with Crippen LogP contribution in [-0.4, -0.2) is 34.0 Å². The Kier molecular flexibility index (Phi) is 7.26. The van der Waals surface area contributed by atoms with Crippen molar-refractivity contribution in [1.82, 2.24) is 10.0 Å². The fourth-order valence-corrected chi connectivity index (χ4v) is 3.40. The van der Waals surface area contributed by atoms with Gasteiger partial charge in [-0.2, -0.15) is 0 Å². The minimum atomic E-state index is -3.73. The maximum Gasteiger partial charge on any atom is 0.253 e. The van der Waals surface area contributed by atoms with Crippen molar-refractivity contribution in [3.63, 3.8) is 0 Å². The third kappa shape index (κ3) is 5.91. The third-order valence-corrected chi connectivity index (χ3v) is 6.10. The van der Waals surface area contributed by atoms with Crippen molar-refractivity contribution in [2.75, 3.05) is 13.7 Å². The van der Waals surface area contributed by atoms with E-state index in [1.54, 1.807) is 12.1 Å². The van der Waals surface area contributed by atoms with E-state index in [-0.39, 0.29) is 27.8 Å². The molecule has 0 saturated carbocycles. The zero-order chi connectivity index (χ0) is 21.8. The van der Waals surface area contributed by atoms with Crippen molar-refractivity contribution in [2.24, 2.45) is 5.41 Å². The van der Waals surface area contributed by atoms with E-state index in [0.717, 1.165) is 0 Å². The van der Waals surface area contributed by atoms with Crippen LogP contribution in [0.4, 0.5) is 4.39 Å². The van der Waals surface area contributed by atoms with Crippen LogP contribution in [0.15, 0.2) is 47.4 Å². The first-order valence-electron chi connectivity index (χ1n) is 8.87. The minimum Gasteiger partial charge on any atom is -0.488 e. The van der Waals surface area contributed by atoms with Crippen molar-refractivity contribution in [3.8, 4) is 5.75 Å². The second kappa shape index (κ2) is 9.11. The molecule has 0 aliphatic rings. The smallest absolute Gasteiger partial charge is 0.253 e. The molecule has 1 unspecified atom stereocenters. The second-order valence-corrected chi connectivity index (χ2v) is 9.78. The average Bonchev–Trinajstić information content (AvgIpc) is 2.65. The number of amides is 1. The predicted molar refractivity (Wildman–Crippen MR) is 110 cm³/mol. The maximum atomic E-state index is 13.8. The molecule has 6 nitrogen and oxygen atoms in total. The van der Waals surface area contributed by atoms with Crippen molar-refractivity contribution < 1.29 is 22.3 Å². The van der Waals surface area contributed by atoms with E-state index in [9.17, 15) is 17.6 Å². The Labute approximate surface area is 175 Å². The average molecular weight is 443 g/mol. The fraction of sp³-hybridized carbons (Fsp3) is 0.350. The van der Waals surface area contributed by atoms with Gasteiger partial charge in [0, 0.05) is 0 Å². The number of ether oxygens (including phenoxy) is 1. The number of benzene rings is 2. The van der Waals surface area contributed by atoms with Crippen LogP contribution < -0.4 is 14.8 Å². The van der Waals surface area contributed by atoms with Gasteiger partial charge in [0.15, 0.2) is 11.6 Å². The SMILES string of the molecule is CNS(=O)(=O)c1ccc(Cl)c(C(=O)NC(COc2ccccc2F)C(C)(C)C)c1. The molecule has 0 saturated heterocycles. The van der Waals surface area contributed by atoms with Crippen LogP contribution in [0.25, 0.3) is 0 Å². The highest BCUT2D eigenvalue weighted by Gasteiger charge is 2.29. The van der Waals surface area contributed by atoms with Crippen LogP contribution in [0.3, 0.4) is 0 Å². The number of rotatable bonds is 7. The molecule has 2 aromatic carbocycles. The van der Waals surface area contributed by atoms with Crippen molar-refractivity contribution in [3.05, 3.63) is 58.9 Å². The first-order chi connectivity index (χ1) is 13.5. The summed E-state index contributed by atoms with van der Waals surface area (Å²) in [6.07, 6.45) is 0. The van der Waals surface area contributed by atoms with Gasteiger partial charge in [-0.25, -0.2) is 17.5 Å². The second-order valence-electron chi connectivity index (χ2n) is 7.48. The minimum absolute atomic E-state index is 0.0162. The summed E-state index contributed by atoms with van der Waals surface area (Å²) in [5.74, 6) is -0.976. The molecule has 0 radical (unpaired) electrons. The van der Waals surface area contributed by atoms with Crippen LogP contribution >= 0.6 is 11.6 Å². The highest BCUT2D eigenvalue weighted by molar-refractivity contribution is 7.89. The predicted octanol–water partition coefficient (Wildman–Crippen LogP) is 3.61. The lowest BCUT2D eigenvalue weighted by Crippen LogP contribution is -2.47. The number of hydrogen-bond donors (Lipinski definition) is 2. The van der Waals surface area contributed by atoms with Crippen molar-refractivity contribution >= 4 is 27.5 Å². The molecule has 0 spiro atoms. The molecule has 0 heterocycles. The van der Waals surface area contributed by atoms with Gasteiger partial charge in [-0.05, 0) is 42.8 Å². The van der Waals surface area contributed by atoms with Gasteiger partial charge in [-0.1, -0.05) is 44.5 Å². The standard InChI is InChI=1S/C20H24ClFN2O4S/c1-20(2,3)18(12-28-17-8-6-5-7-16(17)22)24-19(25)14-11-13(9-10-15(14)21)29(26,27)23-4/h5-11,18,23H,12H2,1-4H3,(H,24,25). The van der Waals surface area contributed by atoms with E-state index in [4.69, 9.17) is 16.3 Å². The van der Waals surface area contributed by atoms with E-state index in [2.05, 4.69) is 10.0 Å². The molecular weight excluding hydrogens is 419 g/mol. The van der Waals surface area contributed by atoms with E-state index >= 15 is 0 Å². The van der Waals surface area contributed by atoms with Gasteiger partial charge in [0.2, 0.25) is 10.0 Å². The molecule has 0 aliphatic heterocycles. The lowest BCUT2D eigenvalue weighted by molar-refractivity contribution is 0.0860. The summed E-state index contributed by atoms with van der Waals surface area (Å²) >= 11 is 6.12. The van der Waals surface area contributed by atoms with E-state index in [1.165, 1.54) is 37.4 Å². The van der Waals surface area contributed by atoms with Gasteiger partial charge in [0.05, 0.1) is 21.5 Å². The summed E-state index contributed by atoms with van der Waals surface area (Å²) in [5.41, 5.74) is -0.412. The molecular formula is C20H24ClFN2O4S. The van der Waals surface area contributed by atoms with Crippen molar-refractivity contribution in [1.29, 1.82) is 0 Å². The third-order valence-electron chi connectivity index (χ3n) is 4.35. The zero-order valence-electron chi connectivity index (χ0n) is 16.6. The molecule has 0 fully saturated rings.